The smallest absolute Gasteiger partial charge is 0.262 e. The molecule has 0 radical (unpaired) electrons. The van der Waals surface area contributed by atoms with Crippen molar-refractivity contribution >= 4 is 29.4 Å². The number of phenols is 1. The number of hydrazone groups is 1. The summed E-state index contributed by atoms with van der Waals surface area (Å²) in [5.74, 6) is 0.491. The van der Waals surface area contributed by atoms with E-state index in [4.69, 9.17) is 16.3 Å². The van der Waals surface area contributed by atoms with Gasteiger partial charge in [-0.25, -0.2) is 5.43 Å². The quantitative estimate of drug-likeness (QED) is 0.521. The molecule has 0 spiro atoms. The predicted molar refractivity (Wildman–Crippen MR) is 99.5 cm³/mol. The third-order valence-electron chi connectivity index (χ3n) is 3.31. The fourth-order valence-corrected chi connectivity index (χ4v) is 2.20. The van der Waals surface area contributed by atoms with Crippen molar-refractivity contribution in [1.29, 1.82) is 0 Å². The number of carbonyl (C=O) groups is 1. The maximum absolute atomic E-state index is 12.1. The summed E-state index contributed by atoms with van der Waals surface area (Å²) in [6, 6.07) is 11.4. The molecular weight excluding hydrogens is 342 g/mol. The number of carbonyl (C=O) groups excluding carboxylic acids is 1. The molecule has 0 saturated carbocycles. The van der Waals surface area contributed by atoms with Crippen LogP contribution in [-0.2, 0) is 4.79 Å². The summed E-state index contributed by atoms with van der Waals surface area (Å²) < 4.78 is 5.37. The third kappa shape index (κ3) is 5.69. The lowest BCUT2D eigenvalue weighted by Crippen LogP contribution is -2.34. The van der Waals surface area contributed by atoms with Crippen molar-refractivity contribution < 1.29 is 14.6 Å². The topological polar surface area (TPSA) is 83.0 Å². The molecular formula is C18H20ClN3O3. The van der Waals surface area contributed by atoms with Gasteiger partial charge in [-0.15, -0.1) is 0 Å². The van der Waals surface area contributed by atoms with Gasteiger partial charge in [-0.3, -0.25) is 4.79 Å². The molecule has 0 fully saturated rings. The fraction of sp³-hybridized carbons (Fsp3) is 0.222. The maximum atomic E-state index is 12.1. The molecule has 1 amide bonds. The highest BCUT2D eigenvalue weighted by molar-refractivity contribution is 6.30. The van der Waals surface area contributed by atoms with Crippen LogP contribution < -0.4 is 15.5 Å². The van der Waals surface area contributed by atoms with Crippen molar-refractivity contribution in [1.82, 2.24) is 5.43 Å². The number of nitrogens with zero attached hydrogens (tertiary/aromatic N) is 1. The van der Waals surface area contributed by atoms with Crippen LogP contribution in [0.1, 0.15) is 19.4 Å². The molecule has 0 aliphatic carbocycles. The molecule has 0 aliphatic rings. The van der Waals surface area contributed by atoms with Crippen molar-refractivity contribution in [3.8, 4) is 11.5 Å². The first-order valence-electron chi connectivity index (χ1n) is 7.80. The molecule has 6 nitrogen and oxygen atoms in total. The fourth-order valence-electron chi connectivity index (χ4n) is 2.02. The van der Waals surface area contributed by atoms with Gasteiger partial charge >= 0.3 is 0 Å². The lowest BCUT2D eigenvalue weighted by Gasteiger charge is -2.14. The monoisotopic (exact) mass is 361 g/mol. The first kappa shape index (κ1) is 18.6. The van der Waals surface area contributed by atoms with Gasteiger partial charge in [0.05, 0.1) is 12.8 Å². The number of benzene rings is 2. The molecule has 2 aromatic carbocycles. The largest absolute Gasteiger partial charge is 0.507 e. The zero-order valence-corrected chi connectivity index (χ0v) is 14.7. The van der Waals surface area contributed by atoms with E-state index in [2.05, 4.69) is 15.8 Å². The Morgan fingerprint density at radius 3 is 2.72 bits per heavy atom. The summed E-state index contributed by atoms with van der Waals surface area (Å²) in [6.07, 6.45) is 1.34. The van der Waals surface area contributed by atoms with E-state index in [0.717, 1.165) is 11.4 Å². The molecule has 2 rings (SSSR count). The van der Waals surface area contributed by atoms with Crippen LogP contribution >= 0.6 is 11.6 Å². The van der Waals surface area contributed by atoms with Gasteiger partial charge in [0.15, 0.2) is 0 Å². The lowest BCUT2D eigenvalue weighted by atomic mass is 10.2. The summed E-state index contributed by atoms with van der Waals surface area (Å²) >= 11 is 5.85. The molecule has 0 unspecified atom stereocenters. The minimum Gasteiger partial charge on any atom is -0.507 e. The molecule has 25 heavy (non-hydrogen) atoms. The molecule has 0 saturated heterocycles. The van der Waals surface area contributed by atoms with Gasteiger partial charge in [-0.2, -0.15) is 5.10 Å². The zero-order chi connectivity index (χ0) is 18.2. The number of anilines is 1. The van der Waals surface area contributed by atoms with Crippen molar-refractivity contribution in [2.45, 2.75) is 19.9 Å². The normalized spacial score (nSPS) is 12.0. The van der Waals surface area contributed by atoms with Gasteiger partial charge in [0.25, 0.3) is 5.91 Å². The highest BCUT2D eigenvalue weighted by Crippen LogP contribution is 2.19. The van der Waals surface area contributed by atoms with E-state index in [1.807, 2.05) is 31.2 Å². The Hall–Kier alpha value is -2.73. The molecule has 2 aromatic rings. The number of nitrogens with one attached hydrogen (secondary N) is 2. The van der Waals surface area contributed by atoms with Gasteiger partial charge in [0, 0.05) is 16.3 Å². The molecule has 132 valence electrons. The SMILES string of the molecule is CCOc1ccc(N[C@H](C)C(=O)N/N=C\c2cc(Cl)ccc2O)cc1. The highest BCUT2D eigenvalue weighted by Gasteiger charge is 2.11. The number of rotatable bonds is 7. The number of phenolic OH excluding ortho intramolecular Hbond substituents is 1. The Bertz CT molecular complexity index is 748. The second kappa shape index (κ2) is 8.94. The summed E-state index contributed by atoms with van der Waals surface area (Å²) in [5.41, 5.74) is 3.63. The first-order chi connectivity index (χ1) is 12.0. The van der Waals surface area contributed by atoms with Gasteiger partial charge in [-0.05, 0) is 56.3 Å². The van der Waals surface area contributed by atoms with Crippen molar-refractivity contribution in [2.24, 2.45) is 5.10 Å². The molecule has 1 atom stereocenters. The van der Waals surface area contributed by atoms with Gasteiger partial charge < -0.3 is 15.2 Å². The highest BCUT2D eigenvalue weighted by atomic mass is 35.5. The van der Waals surface area contributed by atoms with Crippen molar-refractivity contribution in [3.63, 3.8) is 0 Å². The average molecular weight is 362 g/mol. The second-order valence-electron chi connectivity index (χ2n) is 5.26. The van der Waals surface area contributed by atoms with E-state index in [1.54, 1.807) is 19.1 Å². The second-order valence-corrected chi connectivity index (χ2v) is 5.70. The van der Waals surface area contributed by atoms with Crippen LogP contribution in [0.25, 0.3) is 0 Å². The summed E-state index contributed by atoms with van der Waals surface area (Å²) in [7, 11) is 0. The molecule has 0 aliphatic heterocycles. The van der Waals surface area contributed by atoms with Crippen LogP contribution in [0.4, 0.5) is 5.69 Å². The van der Waals surface area contributed by atoms with Crippen LogP contribution in [0.5, 0.6) is 11.5 Å². The van der Waals surface area contributed by atoms with E-state index in [1.165, 1.54) is 12.3 Å². The van der Waals surface area contributed by atoms with Crippen LogP contribution in [0.2, 0.25) is 5.02 Å². The van der Waals surface area contributed by atoms with E-state index in [-0.39, 0.29) is 11.7 Å². The molecule has 0 bridgehead atoms. The number of hydrogen-bond donors (Lipinski definition) is 3. The van der Waals surface area contributed by atoms with Gasteiger partial charge in [-0.1, -0.05) is 11.6 Å². The average Bonchev–Trinajstić information content (AvgIpc) is 2.59. The molecule has 7 heteroatoms. The van der Waals surface area contributed by atoms with Crippen LogP contribution in [0, 0.1) is 0 Å². The molecule has 0 aromatic heterocycles. The van der Waals surface area contributed by atoms with Crippen LogP contribution in [0.15, 0.2) is 47.6 Å². The van der Waals surface area contributed by atoms with Gasteiger partial charge in [0.1, 0.15) is 17.5 Å². The number of halogens is 1. The minimum absolute atomic E-state index is 0.0305. The van der Waals surface area contributed by atoms with E-state index in [9.17, 15) is 9.90 Å². The Balaban J connectivity index is 1.89. The van der Waals surface area contributed by atoms with Gasteiger partial charge in [0.2, 0.25) is 0 Å². The predicted octanol–water partition coefficient (Wildman–Crippen LogP) is 3.40. The Labute approximate surface area is 151 Å². The Morgan fingerprint density at radius 2 is 2.04 bits per heavy atom. The van der Waals surface area contributed by atoms with E-state index < -0.39 is 6.04 Å². The number of ether oxygens (including phenoxy) is 1. The molecule has 3 N–H and O–H groups in total. The Morgan fingerprint density at radius 1 is 1.32 bits per heavy atom. The van der Waals surface area contributed by atoms with E-state index in [0.29, 0.717) is 17.2 Å². The summed E-state index contributed by atoms with van der Waals surface area (Å²) in [4.78, 5) is 12.1. The number of aromatic hydroxyl groups is 1. The number of hydrogen-bond acceptors (Lipinski definition) is 5. The summed E-state index contributed by atoms with van der Waals surface area (Å²) in [6.45, 7) is 4.24. The molecule has 0 heterocycles. The zero-order valence-electron chi connectivity index (χ0n) is 14.0. The Kier molecular flexibility index (Phi) is 6.65. The van der Waals surface area contributed by atoms with Crippen LogP contribution in [-0.4, -0.2) is 29.9 Å². The van der Waals surface area contributed by atoms with Crippen LogP contribution in [0.3, 0.4) is 0 Å². The maximum Gasteiger partial charge on any atom is 0.262 e. The minimum atomic E-state index is -0.497. The summed E-state index contributed by atoms with van der Waals surface area (Å²) in [5, 5.41) is 17.1. The van der Waals surface area contributed by atoms with Crippen molar-refractivity contribution in [2.75, 3.05) is 11.9 Å². The number of amides is 1. The third-order valence-corrected chi connectivity index (χ3v) is 3.54. The first-order valence-corrected chi connectivity index (χ1v) is 8.18. The lowest BCUT2D eigenvalue weighted by molar-refractivity contribution is -0.121. The standard InChI is InChI=1S/C18H20ClN3O3/c1-3-25-16-7-5-15(6-8-16)21-12(2)18(24)22-20-11-13-10-14(19)4-9-17(13)23/h4-12,21,23H,3H2,1-2H3,(H,22,24)/b20-11-/t12-/m1/s1. The van der Waals surface area contributed by atoms with Crippen molar-refractivity contribution in [3.05, 3.63) is 53.1 Å². The van der Waals surface area contributed by atoms with E-state index >= 15 is 0 Å².